The van der Waals surface area contributed by atoms with Crippen molar-refractivity contribution in [2.24, 2.45) is 0 Å². The van der Waals surface area contributed by atoms with Gasteiger partial charge >= 0.3 is 0 Å². The highest BCUT2D eigenvalue weighted by atomic mass is 32.2. The highest BCUT2D eigenvalue weighted by Gasteiger charge is 2.30. The monoisotopic (exact) mass is 316 g/mol. The fraction of sp³-hybridized carbons (Fsp3) is 0.412. The van der Waals surface area contributed by atoms with Crippen molar-refractivity contribution in [3.8, 4) is 11.3 Å². The summed E-state index contributed by atoms with van der Waals surface area (Å²) in [6, 6.07) is 9.69. The van der Waals surface area contributed by atoms with Gasteiger partial charge in [0.25, 0.3) is 5.91 Å². The second kappa shape index (κ2) is 6.16. The number of rotatable bonds is 2. The first-order chi connectivity index (χ1) is 10.5. The van der Waals surface area contributed by atoms with E-state index >= 15 is 0 Å². The van der Waals surface area contributed by atoms with Gasteiger partial charge in [-0.05, 0) is 0 Å². The van der Waals surface area contributed by atoms with E-state index in [0.717, 1.165) is 18.7 Å². The first kappa shape index (κ1) is 15.2. The summed E-state index contributed by atoms with van der Waals surface area (Å²) >= 11 is 1.93. The van der Waals surface area contributed by atoms with Gasteiger partial charge in [-0.25, -0.2) is 4.98 Å². The number of oxazole rings is 1. The lowest BCUT2D eigenvalue weighted by Crippen LogP contribution is -2.44. The van der Waals surface area contributed by atoms with Crippen LogP contribution in [0.4, 0.5) is 0 Å². The standard InChI is InChI=1S/C17H20N2O2S/c1-11-9-19(10-12(2)22-11)17(20)15-16(21-13(3)18-15)14-7-5-4-6-8-14/h4-8,11-12H,9-10H2,1-3H3/t11-,12-/m1/s1. The van der Waals surface area contributed by atoms with Crippen molar-refractivity contribution in [1.82, 2.24) is 9.88 Å². The van der Waals surface area contributed by atoms with Crippen LogP contribution < -0.4 is 0 Å². The third-order valence-corrected chi connectivity index (χ3v) is 4.91. The van der Waals surface area contributed by atoms with Crippen molar-refractivity contribution in [2.45, 2.75) is 31.3 Å². The number of aryl methyl sites for hydroxylation is 1. The Morgan fingerprint density at radius 3 is 2.50 bits per heavy atom. The topological polar surface area (TPSA) is 46.3 Å². The van der Waals surface area contributed by atoms with Crippen molar-refractivity contribution in [3.05, 3.63) is 41.9 Å². The second-order valence-electron chi connectivity index (χ2n) is 5.74. The Bertz CT molecular complexity index is 659. The maximum Gasteiger partial charge on any atom is 0.276 e. The van der Waals surface area contributed by atoms with Crippen LogP contribution in [0.2, 0.25) is 0 Å². The summed E-state index contributed by atoms with van der Waals surface area (Å²) in [5, 5.41) is 0.891. The van der Waals surface area contributed by atoms with Gasteiger partial charge in [0.2, 0.25) is 0 Å². The average Bonchev–Trinajstić information content (AvgIpc) is 2.88. The molecule has 0 unspecified atom stereocenters. The molecule has 1 amide bonds. The Labute approximate surface area is 134 Å². The predicted octanol–water partition coefficient (Wildman–Crippen LogP) is 3.62. The molecular weight excluding hydrogens is 296 g/mol. The van der Waals surface area contributed by atoms with Crippen LogP contribution in [0.25, 0.3) is 11.3 Å². The van der Waals surface area contributed by atoms with Crippen molar-refractivity contribution in [2.75, 3.05) is 13.1 Å². The third-order valence-electron chi connectivity index (χ3n) is 3.68. The maximum atomic E-state index is 12.9. The molecule has 1 aliphatic rings. The van der Waals surface area contributed by atoms with E-state index in [2.05, 4.69) is 18.8 Å². The molecule has 2 atom stereocenters. The molecule has 1 saturated heterocycles. The molecule has 0 spiro atoms. The maximum absolute atomic E-state index is 12.9. The zero-order chi connectivity index (χ0) is 15.7. The highest BCUT2D eigenvalue weighted by molar-refractivity contribution is 8.00. The first-order valence-corrected chi connectivity index (χ1v) is 8.46. The lowest BCUT2D eigenvalue weighted by Gasteiger charge is -2.34. The summed E-state index contributed by atoms with van der Waals surface area (Å²) in [6.07, 6.45) is 0. The fourth-order valence-electron chi connectivity index (χ4n) is 2.85. The minimum atomic E-state index is -0.0327. The van der Waals surface area contributed by atoms with Crippen LogP contribution in [0.1, 0.15) is 30.2 Å². The SMILES string of the molecule is Cc1nc(C(=O)N2C[C@@H](C)S[C@H](C)C2)c(-c2ccccc2)o1. The molecule has 4 nitrogen and oxygen atoms in total. The number of carbonyl (C=O) groups excluding carboxylic acids is 1. The van der Waals surface area contributed by atoms with Crippen LogP contribution in [0, 0.1) is 6.92 Å². The molecule has 22 heavy (non-hydrogen) atoms. The molecule has 116 valence electrons. The summed E-state index contributed by atoms with van der Waals surface area (Å²) < 4.78 is 5.70. The Kier molecular flexibility index (Phi) is 4.25. The highest BCUT2D eigenvalue weighted by Crippen LogP contribution is 2.29. The zero-order valence-corrected chi connectivity index (χ0v) is 13.9. The van der Waals surface area contributed by atoms with Gasteiger partial charge in [0.15, 0.2) is 17.3 Å². The number of hydrogen-bond acceptors (Lipinski definition) is 4. The van der Waals surface area contributed by atoms with Gasteiger partial charge in [0.1, 0.15) is 0 Å². The van der Waals surface area contributed by atoms with Crippen molar-refractivity contribution in [3.63, 3.8) is 0 Å². The summed E-state index contributed by atoms with van der Waals surface area (Å²) in [5.41, 5.74) is 1.31. The van der Waals surface area contributed by atoms with E-state index in [9.17, 15) is 4.79 Å². The molecule has 0 aliphatic carbocycles. The van der Waals surface area contributed by atoms with Crippen LogP contribution in [-0.2, 0) is 0 Å². The Balaban J connectivity index is 1.93. The fourth-order valence-corrected chi connectivity index (χ4v) is 4.18. The van der Waals surface area contributed by atoms with E-state index in [1.165, 1.54) is 0 Å². The van der Waals surface area contributed by atoms with Crippen molar-refractivity contribution in [1.29, 1.82) is 0 Å². The minimum Gasteiger partial charge on any atom is -0.440 e. The molecular formula is C17H20N2O2S. The first-order valence-electron chi connectivity index (χ1n) is 7.52. The molecule has 1 fully saturated rings. The van der Waals surface area contributed by atoms with Crippen LogP contribution in [0.5, 0.6) is 0 Å². The van der Waals surface area contributed by atoms with E-state index in [1.54, 1.807) is 6.92 Å². The lowest BCUT2D eigenvalue weighted by atomic mass is 10.1. The molecule has 0 saturated carbocycles. The second-order valence-corrected chi connectivity index (χ2v) is 7.63. The summed E-state index contributed by atoms with van der Waals surface area (Å²) in [7, 11) is 0. The molecule has 2 heterocycles. The molecule has 0 radical (unpaired) electrons. The van der Waals surface area contributed by atoms with Crippen molar-refractivity contribution >= 4 is 17.7 Å². The van der Waals surface area contributed by atoms with Gasteiger partial charge in [0, 0.05) is 36.1 Å². The van der Waals surface area contributed by atoms with Crippen molar-refractivity contribution < 1.29 is 9.21 Å². The number of thioether (sulfide) groups is 1. The van der Waals surface area contributed by atoms with Gasteiger partial charge in [0.05, 0.1) is 0 Å². The van der Waals surface area contributed by atoms with Gasteiger partial charge < -0.3 is 9.32 Å². The lowest BCUT2D eigenvalue weighted by molar-refractivity contribution is 0.0748. The zero-order valence-electron chi connectivity index (χ0n) is 13.1. The smallest absolute Gasteiger partial charge is 0.276 e. The number of hydrogen-bond donors (Lipinski definition) is 0. The molecule has 0 N–H and O–H groups in total. The predicted molar refractivity (Wildman–Crippen MR) is 89.1 cm³/mol. The molecule has 0 bridgehead atoms. The van der Waals surface area contributed by atoms with Crippen LogP contribution in [0.15, 0.2) is 34.7 Å². The number of nitrogens with zero attached hydrogens (tertiary/aromatic N) is 2. The summed E-state index contributed by atoms with van der Waals surface area (Å²) in [5.74, 6) is 1.06. The molecule has 1 aliphatic heterocycles. The minimum absolute atomic E-state index is 0.0327. The van der Waals surface area contributed by atoms with Gasteiger partial charge in [-0.3, -0.25) is 4.79 Å². The van der Waals surface area contributed by atoms with E-state index < -0.39 is 0 Å². The molecule has 3 rings (SSSR count). The molecule has 2 aromatic rings. The van der Waals surface area contributed by atoms with Crippen LogP contribution in [0.3, 0.4) is 0 Å². The quantitative estimate of drug-likeness (QED) is 0.849. The Morgan fingerprint density at radius 2 is 1.86 bits per heavy atom. The number of carbonyl (C=O) groups is 1. The normalized spacial score (nSPS) is 21.9. The molecule has 5 heteroatoms. The Morgan fingerprint density at radius 1 is 1.23 bits per heavy atom. The van der Waals surface area contributed by atoms with E-state index in [-0.39, 0.29) is 5.91 Å². The van der Waals surface area contributed by atoms with Gasteiger partial charge in [-0.1, -0.05) is 44.2 Å². The molecule has 1 aromatic carbocycles. The van der Waals surface area contributed by atoms with Gasteiger partial charge in [-0.15, -0.1) is 0 Å². The Hall–Kier alpha value is -1.75. The largest absolute Gasteiger partial charge is 0.440 e. The average molecular weight is 316 g/mol. The van der Waals surface area contributed by atoms with E-state index in [0.29, 0.717) is 27.8 Å². The van der Waals surface area contributed by atoms with Crippen LogP contribution >= 0.6 is 11.8 Å². The number of amides is 1. The third kappa shape index (κ3) is 3.04. The summed E-state index contributed by atoms with van der Waals surface area (Å²) in [6.45, 7) is 7.61. The van der Waals surface area contributed by atoms with Gasteiger partial charge in [-0.2, -0.15) is 11.8 Å². The van der Waals surface area contributed by atoms with E-state index in [1.807, 2.05) is 47.0 Å². The summed E-state index contributed by atoms with van der Waals surface area (Å²) in [4.78, 5) is 19.1. The number of benzene rings is 1. The number of aromatic nitrogens is 1. The van der Waals surface area contributed by atoms with Crippen LogP contribution in [-0.4, -0.2) is 39.4 Å². The molecule has 1 aromatic heterocycles. The van der Waals surface area contributed by atoms with E-state index in [4.69, 9.17) is 4.42 Å².